The molecule has 2 amide bonds. The normalized spacial score (nSPS) is 22.4. The highest BCUT2D eigenvalue weighted by molar-refractivity contribution is 6.03. The van der Waals surface area contributed by atoms with Gasteiger partial charge in [-0.3, -0.25) is 4.90 Å². The van der Waals surface area contributed by atoms with E-state index in [0.717, 1.165) is 61.6 Å². The summed E-state index contributed by atoms with van der Waals surface area (Å²) in [4.78, 5) is 36.2. The number of carbonyl (C=O) groups excluding carboxylic acids is 2. The maximum Gasteiger partial charge on any atom is 0.412 e. The Morgan fingerprint density at radius 3 is 2.28 bits per heavy atom. The number of unbranched alkanes of at least 4 members (excludes halogenated alkanes) is 11. The van der Waals surface area contributed by atoms with Gasteiger partial charge < -0.3 is 48.8 Å². The fourth-order valence-corrected chi connectivity index (χ4v) is 10.7. The second-order valence-electron chi connectivity index (χ2n) is 20.5. The van der Waals surface area contributed by atoms with Gasteiger partial charge in [0.1, 0.15) is 23.1 Å². The molecule has 14 nitrogen and oxygen atoms in total. The minimum atomic E-state index is -1.54. The van der Waals surface area contributed by atoms with Crippen LogP contribution < -0.4 is 24.3 Å². The lowest BCUT2D eigenvalue weighted by Gasteiger charge is -2.60. The Balaban J connectivity index is 1.43. The number of hydrogen-bond donors (Lipinski definition) is 3. The molecule has 6 unspecified atom stereocenters. The Hall–Kier alpha value is -5.05. The summed E-state index contributed by atoms with van der Waals surface area (Å²) in [5.74, 6) is -0.352. The average Bonchev–Trinajstić information content (AvgIpc) is 3.83. The van der Waals surface area contributed by atoms with E-state index in [0.29, 0.717) is 54.5 Å². The SMILES string of the molecule is C=CCCOC(=O)N(Cc1ccc2c(c1)OCO2)C1CC(=NOC(C)(C)C)C2=CC(CCCCO)C(CCCCO)C3c4cc(OC(=O)NCCCCCCCCCCCC)ccc4OC1(OCC=C)C23. The predicted molar refractivity (Wildman–Crippen MR) is 276 cm³/mol. The minimum Gasteiger partial charge on any atom is -0.459 e. The Labute approximate surface area is 423 Å². The summed E-state index contributed by atoms with van der Waals surface area (Å²) in [7, 11) is 0. The lowest BCUT2D eigenvalue weighted by Crippen LogP contribution is -2.70. The van der Waals surface area contributed by atoms with Crippen LogP contribution in [0.15, 0.2) is 78.5 Å². The van der Waals surface area contributed by atoms with Crippen molar-refractivity contribution < 1.29 is 53.1 Å². The van der Waals surface area contributed by atoms with Gasteiger partial charge in [0, 0.05) is 44.2 Å². The monoisotopic (exact) mass is 986 g/mol. The van der Waals surface area contributed by atoms with Crippen molar-refractivity contribution in [2.45, 2.75) is 173 Å². The lowest BCUT2D eigenvalue weighted by molar-refractivity contribution is -0.256. The van der Waals surface area contributed by atoms with Crippen LogP contribution in [0.3, 0.4) is 0 Å². The van der Waals surface area contributed by atoms with Gasteiger partial charge in [0.05, 0.1) is 24.8 Å². The third-order valence-electron chi connectivity index (χ3n) is 14.0. The highest BCUT2D eigenvalue weighted by atomic mass is 16.7. The van der Waals surface area contributed by atoms with E-state index in [1.165, 1.54) is 44.9 Å². The largest absolute Gasteiger partial charge is 0.459 e. The summed E-state index contributed by atoms with van der Waals surface area (Å²) in [6.07, 6.45) is 21.6. The van der Waals surface area contributed by atoms with Crippen LogP contribution in [0.2, 0.25) is 0 Å². The van der Waals surface area contributed by atoms with Gasteiger partial charge in [0.15, 0.2) is 11.5 Å². The Kier molecular flexibility index (Phi) is 21.6. The quantitative estimate of drug-likeness (QED) is 0.0387. The zero-order chi connectivity index (χ0) is 50.6. The zero-order valence-corrected chi connectivity index (χ0v) is 43.1. The number of oxime groups is 1. The summed E-state index contributed by atoms with van der Waals surface area (Å²) >= 11 is 0. The molecule has 2 aromatic carbocycles. The molecule has 392 valence electrons. The van der Waals surface area contributed by atoms with E-state index in [-0.39, 0.29) is 63.9 Å². The van der Waals surface area contributed by atoms with Crippen LogP contribution in [-0.2, 0) is 20.9 Å². The van der Waals surface area contributed by atoms with Crippen LogP contribution in [0.1, 0.15) is 160 Å². The van der Waals surface area contributed by atoms with Crippen molar-refractivity contribution in [3.8, 4) is 23.0 Å². The summed E-state index contributed by atoms with van der Waals surface area (Å²) in [5.41, 5.74) is 2.51. The van der Waals surface area contributed by atoms with Gasteiger partial charge in [-0.1, -0.05) is 107 Å². The zero-order valence-electron chi connectivity index (χ0n) is 43.1. The standard InChI is InChI=1S/C57H83N3O11/c1-7-10-12-13-14-15-16-17-18-21-30-58-54(63)69-43-27-29-48-46(37-43)52-44(25-20-23-32-62)42(24-19-22-31-61)36-45-47(59-71-56(4,5)6)38-51(57(70-48,53(45)52)68-33-9-3)60(55(64)65-34-11-8-2)39-41-26-28-49-50(35-41)67-40-66-49/h8-9,26-29,35-37,42,44,51-53,61-62H,2-3,7,10-25,30-34,38-40H2,1,4-6H3,(H,58,63). The Bertz CT molecular complexity index is 2100. The Morgan fingerprint density at radius 1 is 0.873 bits per heavy atom. The van der Waals surface area contributed by atoms with E-state index in [2.05, 4.69) is 31.5 Å². The second kappa shape index (κ2) is 27.7. The first-order valence-electron chi connectivity index (χ1n) is 26.6. The number of allylic oxidation sites excluding steroid dienone is 1. The van der Waals surface area contributed by atoms with Gasteiger partial charge in [-0.25, -0.2) is 9.59 Å². The highest BCUT2D eigenvalue weighted by Crippen LogP contribution is 2.62. The Morgan fingerprint density at radius 2 is 1.58 bits per heavy atom. The molecule has 0 saturated heterocycles. The van der Waals surface area contributed by atoms with Crippen LogP contribution in [0, 0.1) is 17.8 Å². The fourth-order valence-electron chi connectivity index (χ4n) is 10.7. The predicted octanol–water partition coefficient (Wildman–Crippen LogP) is 12.1. The van der Waals surface area contributed by atoms with Crippen molar-refractivity contribution in [2.75, 3.05) is 39.8 Å². The van der Waals surface area contributed by atoms with E-state index in [1.54, 1.807) is 23.1 Å². The number of rotatable bonds is 30. The molecule has 0 radical (unpaired) electrons. The van der Waals surface area contributed by atoms with Crippen molar-refractivity contribution >= 4 is 17.9 Å². The second-order valence-corrected chi connectivity index (χ2v) is 20.5. The van der Waals surface area contributed by atoms with Crippen molar-refractivity contribution in [1.82, 2.24) is 10.2 Å². The van der Waals surface area contributed by atoms with E-state index in [1.807, 2.05) is 51.1 Å². The van der Waals surface area contributed by atoms with E-state index >= 15 is 0 Å². The average molecular weight is 986 g/mol. The molecular formula is C57H83N3O11. The highest BCUT2D eigenvalue weighted by Gasteiger charge is 2.66. The van der Waals surface area contributed by atoms with Gasteiger partial charge in [-0.2, -0.15) is 0 Å². The van der Waals surface area contributed by atoms with Gasteiger partial charge in [0.2, 0.25) is 12.6 Å². The number of fused-ring (bicyclic) bond motifs is 3. The smallest absolute Gasteiger partial charge is 0.412 e. The molecule has 2 aromatic rings. The lowest BCUT2D eigenvalue weighted by atomic mass is 9.55. The van der Waals surface area contributed by atoms with E-state index in [9.17, 15) is 19.8 Å². The molecule has 14 heteroatoms. The summed E-state index contributed by atoms with van der Waals surface area (Å²) in [6.45, 7) is 17.0. The summed E-state index contributed by atoms with van der Waals surface area (Å²) in [6, 6.07) is 10.3. The van der Waals surface area contributed by atoms with Crippen LogP contribution in [0.5, 0.6) is 23.0 Å². The fraction of sp³-hybridized carbons (Fsp3) is 0.632. The molecule has 6 atom stereocenters. The van der Waals surface area contributed by atoms with Crippen molar-refractivity contribution in [2.24, 2.45) is 22.9 Å². The van der Waals surface area contributed by atoms with Crippen LogP contribution in [-0.4, -0.2) is 90.2 Å². The van der Waals surface area contributed by atoms with Gasteiger partial charge in [-0.15, -0.1) is 13.2 Å². The molecule has 2 aliphatic carbocycles. The molecule has 2 aliphatic heterocycles. The van der Waals surface area contributed by atoms with Crippen molar-refractivity contribution in [1.29, 1.82) is 0 Å². The number of ether oxygens (including phenoxy) is 6. The molecule has 0 spiro atoms. The molecule has 1 saturated carbocycles. The molecular weight excluding hydrogens is 903 g/mol. The molecule has 0 bridgehead atoms. The third kappa shape index (κ3) is 15.0. The molecule has 2 heterocycles. The number of amides is 2. The number of carbonyl (C=O) groups is 2. The van der Waals surface area contributed by atoms with Crippen LogP contribution >= 0.6 is 0 Å². The first-order valence-corrected chi connectivity index (χ1v) is 26.6. The van der Waals surface area contributed by atoms with Crippen molar-refractivity contribution in [3.63, 3.8) is 0 Å². The maximum absolute atomic E-state index is 14.8. The third-order valence-corrected chi connectivity index (χ3v) is 14.0. The number of aliphatic hydroxyl groups excluding tert-OH is 2. The molecule has 0 aromatic heterocycles. The van der Waals surface area contributed by atoms with Gasteiger partial charge in [-0.05, 0) is 113 Å². The molecule has 1 fully saturated rings. The molecule has 71 heavy (non-hydrogen) atoms. The number of aliphatic hydroxyl groups is 2. The topological polar surface area (TPSA) is 167 Å². The van der Waals surface area contributed by atoms with Crippen LogP contribution in [0.4, 0.5) is 9.59 Å². The first kappa shape index (κ1) is 55.3. The molecule has 3 N–H and O–H groups in total. The number of nitrogens with one attached hydrogen (secondary N) is 1. The van der Waals surface area contributed by atoms with Crippen LogP contribution in [0.25, 0.3) is 0 Å². The summed E-state index contributed by atoms with van der Waals surface area (Å²) < 4.78 is 38.0. The number of benzene rings is 2. The number of hydrogen-bond acceptors (Lipinski definition) is 12. The first-order chi connectivity index (χ1) is 34.5. The van der Waals surface area contributed by atoms with Gasteiger partial charge in [0.25, 0.3) is 0 Å². The van der Waals surface area contributed by atoms with E-state index in [4.69, 9.17) is 38.4 Å². The molecule has 6 rings (SSSR count). The molecule has 4 aliphatic rings. The summed E-state index contributed by atoms with van der Waals surface area (Å²) in [5, 5.41) is 28.0. The maximum atomic E-state index is 14.8. The minimum absolute atomic E-state index is 0.0125. The number of nitrogens with zero attached hydrogens (tertiary/aromatic N) is 2. The van der Waals surface area contributed by atoms with Gasteiger partial charge >= 0.3 is 12.2 Å². The van der Waals surface area contributed by atoms with E-state index < -0.39 is 35.5 Å². The van der Waals surface area contributed by atoms with Crippen molar-refractivity contribution in [3.05, 3.63) is 84.5 Å².